The summed E-state index contributed by atoms with van der Waals surface area (Å²) in [4.78, 5) is 7.97. The van der Waals surface area contributed by atoms with Gasteiger partial charge in [0.1, 0.15) is 35.4 Å². The van der Waals surface area contributed by atoms with E-state index in [9.17, 15) is 9.50 Å². The topological polar surface area (TPSA) is 89.3 Å². The van der Waals surface area contributed by atoms with Crippen molar-refractivity contribution in [2.24, 2.45) is 0 Å². The van der Waals surface area contributed by atoms with Gasteiger partial charge in [-0.3, -0.25) is 0 Å². The molecule has 0 fully saturated rings. The highest BCUT2D eigenvalue weighted by Gasteiger charge is 2.13. The van der Waals surface area contributed by atoms with Crippen LogP contribution in [0.2, 0.25) is 0 Å². The molecule has 3 N–H and O–H groups in total. The van der Waals surface area contributed by atoms with Gasteiger partial charge in [0, 0.05) is 11.6 Å². The zero-order valence-electron chi connectivity index (χ0n) is 9.08. The molecule has 0 spiro atoms. The summed E-state index contributed by atoms with van der Waals surface area (Å²) in [5, 5.41) is 13.3. The molecule has 7 heteroatoms. The lowest BCUT2D eigenvalue weighted by molar-refractivity contribution is 0.469. The first-order valence-corrected chi connectivity index (χ1v) is 5.09. The van der Waals surface area contributed by atoms with Crippen LogP contribution in [-0.2, 0) is 0 Å². The molecule has 0 atom stereocenters. The van der Waals surface area contributed by atoms with E-state index in [1.54, 1.807) is 0 Å². The monoisotopic (exact) mass is 245 g/mol. The lowest BCUT2D eigenvalue weighted by atomic mass is 10.1. The number of nitrogens with zero attached hydrogens (tertiary/aromatic N) is 4. The Morgan fingerprint density at radius 1 is 1.22 bits per heavy atom. The zero-order valence-corrected chi connectivity index (χ0v) is 9.08. The third kappa shape index (κ3) is 1.53. The number of nitrogen functional groups attached to an aromatic ring is 1. The molecule has 3 rings (SSSR count). The number of phenolic OH excluding ortho intramolecular Hbond substituents is 1. The van der Waals surface area contributed by atoms with Gasteiger partial charge in [0.25, 0.3) is 0 Å². The molecule has 3 aromatic rings. The highest BCUT2D eigenvalue weighted by Crippen LogP contribution is 2.28. The Kier molecular flexibility index (Phi) is 2.12. The summed E-state index contributed by atoms with van der Waals surface area (Å²) in [5.74, 6) is -0.496. The van der Waals surface area contributed by atoms with Gasteiger partial charge in [0.15, 0.2) is 5.82 Å². The molecule has 0 radical (unpaired) electrons. The van der Waals surface area contributed by atoms with Gasteiger partial charge in [0.05, 0.1) is 0 Å². The summed E-state index contributed by atoms with van der Waals surface area (Å²) < 4.78 is 14.7. The minimum absolute atomic E-state index is 0.179. The van der Waals surface area contributed by atoms with E-state index >= 15 is 0 Å². The fourth-order valence-electron chi connectivity index (χ4n) is 1.79. The Bertz CT molecular complexity index is 719. The molecule has 0 saturated heterocycles. The first-order valence-electron chi connectivity index (χ1n) is 5.09. The van der Waals surface area contributed by atoms with Crippen molar-refractivity contribution < 1.29 is 9.50 Å². The molecule has 0 saturated carbocycles. The van der Waals surface area contributed by atoms with Crippen LogP contribution in [-0.4, -0.2) is 24.7 Å². The maximum atomic E-state index is 13.3. The van der Waals surface area contributed by atoms with E-state index in [4.69, 9.17) is 5.73 Å². The quantitative estimate of drug-likeness (QED) is 0.672. The van der Waals surface area contributed by atoms with Crippen molar-refractivity contribution in [3.63, 3.8) is 0 Å². The lowest BCUT2D eigenvalue weighted by Gasteiger charge is -2.02. The van der Waals surface area contributed by atoms with E-state index in [0.29, 0.717) is 16.8 Å². The number of benzene rings is 1. The Labute approximate surface area is 101 Å². The van der Waals surface area contributed by atoms with E-state index in [2.05, 4.69) is 15.1 Å². The number of hydrogen-bond acceptors (Lipinski definition) is 5. The molecule has 0 bridgehead atoms. The third-order valence-electron chi connectivity index (χ3n) is 2.52. The minimum Gasteiger partial charge on any atom is -0.508 e. The van der Waals surface area contributed by atoms with E-state index in [1.165, 1.54) is 29.3 Å². The van der Waals surface area contributed by atoms with Crippen molar-refractivity contribution in [2.75, 3.05) is 5.73 Å². The summed E-state index contributed by atoms with van der Waals surface area (Å²) >= 11 is 0. The standard InChI is InChI=1S/C11H8FN5O/c12-7-1-6(2-8(18)3-7)9-10-11(13)14-4-16-17(10)5-15-9/h1-5,18H,(H2,13,14,16). The Morgan fingerprint density at radius 3 is 2.83 bits per heavy atom. The number of hydrogen-bond donors (Lipinski definition) is 2. The average molecular weight is 245 g/mol. The van der Waals surface area contributed by atoms with Crippen molar-refractivity contribution in [3.05, 3.63) is 36.7 Å². The summed E-state index contributed by atoms with van der Waals surface area (Å²) in [7, 11) is 0. The number of imidazole rings is 1. The van der Waals surface area contributed by atoms with Gasteiger partial charge in [-0.15, -0.1) is 0 Å². The third-order valence-corrected chi connectivity index (χ3v) is 2.52. The predicted molar refractivity (Wildman–Crippen MR) is 62.3 cm³/mol. The molecule has 2 aromatic heterocycles. The normalized spacial score (nSPS) is 10.9. The van der Waals surface area contributed by atoms with E-state index in [1.807, 2.05) is 0 Å². The van der Waals surface area contributed by atoms with Gasteiger partial charge in [0.2, 0.25) is 0 Å². The van der Waals surface area contributed by atoms with E-state index in [-0.39, 0.29) is 11.6 Å². The fraction of sp³-hybridized carbons (Fsp3) is 0. The molecule has 2 heterocycles. The zero-order chi connectivity index (χ0) is 12.7. The largest absolute Gasteiger partial charge is 0.508 e. The van der Waals surface area contributed by atoms with Gasteiger partial charge < -0.3 is 10.8 Å². The Balaban J connectivity index is 2.31. The van der Waals surface area contributed by atoms with E-state index < -0.39 is 5.82 Å². The second-order valence-electron chi connectivity index (χ2n) is 3.73. The molecule has 0 aliphatic heterocycles. The fourth-order valence-corrected chi connectivity index (χ4v) is 1.79. The summed E-state index contributed by atoms with van der Waals surface area (Å²) in [5.41, 5.74) is 7.05. The van der Waals surface area contributed by atoms with Gasteiger partial charge in [-0.05, 0) is 12.1 Å². The Morgan fingerprint density at radius 2 is 2.06 bits per heavy atom. The van der Waals surface area contributed by atoms with Crippen LogP contribution >= 0.6 is 0 Å². The smallest absolute Gasteiger partial charge is 0.153 e. The van der Waals surface area contributed by atoms with Crippen molar-refractivity contribution >= 4 is 11.3 Å². The van der Waals surface area contributed by atoms with Gasteiger partial charge in [-0.1, -0.05) is 0 Å². The van der Waals surface area contributed by atoms with Gasteiger partial charge >= 0.3 is 0 Å². The number of aromatic nitrogens is 4. The van der Waals surface area contributed by atoms with Crippen molar-refractivity contribution in [3.8, 4) is 17.0 Å². The minimum atomic E-state index is -0.554. The number of anilines is 1. The highest BCUT2D eigenvalue weighted by atomic mass is 19.1. The predicted octanol–water partition coefficient (Wildman–Crippen LogP) is 1.22. The Hall–Kier alpha value is -2.70. The molecule has 1 aromatic carbocycles. The summed E-state index contributed by atoms with van der Waals surface area (Å²) in [6, 6.07) is 3.67. The van der Waals surface area contributed by atoms with Crippen LogP contribution in [0.4, 0.5) is 10.2 Å². The molecule has 0 unspecified atom stereocenters. The summed E-state index contributed by atoms with van der Waals surface area (Å²) in [6.07, 6.45) is 2.75. The van der Waals surface area contributed by atoms with Crippen LogP contribution in [0.5, 0.6) is 5.75 Å². The number of phenols is 1. The molecule has 90 valence electrons. The van der Waals surface area contributed by atoms with Crippen LogP contribution in [0, 0.1) is 5.82 Å². The van der Waals surface area contributed by atoms with Crippen molar-refractivity contribution in [1.82, 2.24) is 19.6 Å². The molecule has 0 amide bonds. The molecule has 0 aliphatic rings. The summed E-state index contributed by atoms with van der Waals surface area (Å²) in [6.45, 7) is 0. The number of fused-ring (bicyclic) bond motifs is 1. The number of halogens is 1. The van der Waals surface area contributed by atoms with Crippen molar-refractivity contribution in [2.45, 2.75) is 0 Å². The number of nitrogens with two attached hydrogens (primary N) is 1. The molecule has 18 heavy (non-hydrogen) atoms. The van der Waals surface area contributed by atoms with E-state index in [0.717, 1.165) is 6.07 Å². The maximum Gasteiger partial charge on any atom is 0.153 e. The molecule has 0 aliphatic carbocycles. The molecule has 6 nitrogen and oxygen atoms in total. The average Bonchev–Trinajstić information content (AvgIpc) is 2.73. The van der Waals surface area contributed by atoms with Crippen molar-refractivity contribution in [1.29, 1.82) is 0 Å². The number of aromatic hydroxyl groups is 1. The second-order valence-corrected chi connectivity index (χ2v) is 3.73. The van der Waals surface area contributed by atoms with Crippen LogP contribution in [0.3, 0.4) is 0 Å². The number of rotatable bonds is 1. The first kappa shape index (κ1) is 10.5. The highest BCUT2D eigenvalue weighted by molar-refractivity contribution is 5.84. The van der Waals surface area contributed by atoms with Crippen LogP contribution in [0.1, 0.15) is 0 Å². The first-order chi connectivity index (χ1) is 8.65. The van der Waals surface area contributed by atoms with Gasteiger partial charge in [-0.25, -0.2) is 18.9 Å². The lowest BCUT2D eigenvalue weighted by Crippen LogP contribution is -1.98. The van der Waals surface area contributed by atoms with Gasteiger partial charge in [-0.2, -0.15) is 5.10 Å². The van der Waals surface area contributed by atoms with Crippen LogP contribution < -0.4 is 5.73 Å². The van der Waals surface area contributed by atoms with Crippen LogP contribution in [0.25, 0.3) is 16.8 Å². The SMILES string of the molecule is Nc1ncnn2cnc(-c3cc(O)cc(F)c3)c12. The second kappa shape index (κ2) is 3.66. The molecular weight excluding hydrogens is 237 g/mol. The maximum absolute atomic E-state index is 13.3. The molecular formula is C11H8FN5O. The van der Waals surface area contributed by atoms with Crippen LogP contribution in [0.15, 0.2) is 30.9 Å².